The lowest BCUT2D eigenvalue weighted by Gasteiger charge is -2.04. The van der Waals surface area contributed by atoms with Gasteiger partial charge in [-0.25, -0.2) is 5.43 Å². The standard InChI is InChI=1S/C15H14ClN3O3/c1-10(13-3-2-8-22-13)18-19-14(20)9-17-15(21)11-4-6-12(16)7-5-11/h2-8H,9H2,1H3,(H,17,21)(H,19,20). The molecule has 2 rings (SSSR count). The van der Waals surface area contributed by atoms with E-state index in [0.717, 1.165) is 0 Å². The molecule has 1 aromatic carbocycles. The minimum atomic E-state index is -0.437. The van der Waals surface area contributed by atoms with Crippen molar-refractivity contribution in [2.75, 3.05) is 6.54 Å². The molecule has 0 aliphatic heterocycles. The van der Waals surface area contributed by atoms with Crippen LogP contribution in [-0.2, 0) is 4.79 Å². The highest BCUT2D eigenvalue weighted by Crippen LogP contribution is 2.09. The van der Waals surface area contributed by atoms with E-state index >= 15 is 0 Å². The Labute approximate surface area is 132 Å². The molecular weight excluding hydrogens is 306 g/mol. The van der Waals surface area contributed by atoms with Crippen molar-refractivity contribution in [2.45, 2.75) is 6.92 Å². The fourth-order valence-corrected chi connectivity index (χ4v) is 1.72. The summed E-state index contributed by atoms with van der Waals surface area (Å²) in [6.07, 6.45) is 1.52. The predicted octanol–water partition coefficient (Wildman–Crippen LogP) is 2.20. The van der Waals surface area contributed by atoms with Crippen molar-refractivity contribution in [1.82, 2.24) is 10.7 Å². The van der Waals surface area contributed by atoms with E-state index < -0.39 is 5.91 Å². The number of carbonyl (C=O) groups is 2. The van der Waals surface area contributed by atoms with Gasteiger partial charge in [-0.3, -0.25) is 9.59 Å². The third kappa shape index (κ3) is 4.46. The Morgan fingerprint density at radius 1 is 1.23 bits per heavy atom. The first-order valence-corrected chi connectivity index (χ1v) is 6.85. The van der Waals surface area contributed by atoms with Crippen LogP contribution < -0.4 is 10.7 Å². The van der Waals surface area contributed by atoms with Crippen molar-refractivity contribution in [3.63, 3.8) is 0 Å². The predicted molar refractivity (Wildman–Crippen MR) is 82.8 cm³/mol. The van der Waals surface area contributed by atoms with Crippen LogP contribution in [0.1, 0.15) is 23.0 Å². The van der Waals surface area contributed by atoms with Crippen LogP contribution >= 0.6 is 11.6 Å². The van der Waals surface area contributed by atoms with Crippen molar-refractivity contribution in [1.29, 1.82) is 0 Å². The third-order valence-electron chi connectivity index (χ3n) is 2.74. The van der Waals surface area contributed by atoms with Gasteiger partial charge >= 0.3 is 0 Å². The second-order valence-electron chi connectivity index (χ2n) is 4.40. The molecular formula is C15H14ClN3O3. The fraction of sp³-hybridized carbons (Fsp3) is 0.133. The molecule has 0 saturated carbocycles. The monoisotopic (exact) mass is 319 g/mol. The van der Waals surface area contributed by atoms with E-state index in [-0.39, 0.29) is 12.5 Å². The summed E-state index contributed by atoms with van der Waals surface area (Å²) in [5.41, 5.74) is 3.29. The highest BCUT2D eigenvalue weighted by molar-refractivity contribution is 6.30. The number of nitrogens with zero attached hydrogens (tertiary/aromatic N) is 1. The lowest BCUT2D eigenvalue weighted by atomic mass is 10.2. The summed E-state index contributed by atoms with van der Waals surface area (Å²) in [5.74, 6) is -0.239. The number of benzene rings is 1. The van der Waals surface area contributed by atoms with Gasteiger partial charge in [0.15, 0.2) is 0 Å². The molecule has 2 N–H and O–H groups in total. The van der Waals surface area contributed by atoms with Crippen LogP contribution in [0.25, 0.3) is 0 Å². The molecule has 0 bridgehead atoms. The lowest BCUT2D eigenvalue weighted by molar-refractivity contribution is -0.120. The normalized spacial score (nSPS) is 11.1. The van der Waals surface area contributed by atoms with Gasteiger partial charge < -0.3 is 9.73 Å². The molecule has 0 aliphatic carbocycles. The van der Waals surface area contributed by atoms with E-state index in [1.54, 1.807) is 43.3 Å². The zero-order valence-corrected chi connectivity index (χ0v) is 12.6. The zero-order chi connectivity index (χ0) is 15.9. The Bertz CT molecular complexity index is 679. The molecule has 1 aromatic heterocycles. The van der Waals surface area contributed by atoms with E-state index in [1.807, 2.05) is 0 Å². The van der Waals surface area contributed by atoms with Gasteiger partial charge in [-0.05, 0) is 43.3 Å². The van der Waals surface area contributed by atoms with Crippen molar-refractivity contribution in [3.05, 3.63) is 59.0 Å². The first-order chi connectivity index (χ1) is 10.6. The Hall–Kier alpha value is -2.60. The maximum absolute atomic E-state index is 11.8. The van der Waals surface area contributed by atoms with Crippen LogP contribution in [0, 0.1) is 0 Å². The van der Waals surface area contributed by atoms with Crippen LogP contribution in [-0.4, -0.2) is 24.1 Å². The molecule has 0 unspecified atom stereocenters. The lowest BCUT2D eigenvalue weighted by Crippen LogP contribution is -2.35. The largest absolute Gasteiger partial charge is 0.463 e. The van der Waals surface area contributed by atoms with E-state index in [4.69, 9.17) is 16.0 Å². The van der Waals surface area contributed by atoms with Crippen LogP contribution in [0.3, 0.4) is 0 Å². The van der Waals surface area contributed by atoms with E-state index in [0.29, 0.717) is 22.1 Å². The number of amides is 2. The summed E-state index contributed by atoms with van der Waals surface area (Å²) in [4.78, 5) is 23.4. The molecule has 0 atom stereocenters. The molecule has 2 amide bonds. The average Bonchev–Trinajstić information content (AvgIpc) is 3.05. The van der Waals surface area contributed by atoms with Gasteiger partial charge in [0.05, 0.1) is 12.8 Å². The molecule has 2 aromatic rings. The Morgan fingerprint density at radius 2 is 1.95 bits per heavy atom. The Morgan fingerprint density at radius 3 is 2.59 bits per heavy atom. The zero-order valence-electron chi connectivity index (χ0n) is 11.8. The van der Waals surface area contributed by atoms with Gasteiger partial charge in [0.25, 0.3) is 11.8 Å². The van der Waals surface area contributed by atoms with Gasteiger partial charge in [0, 0.05) is 10.6 Å². The first-order valence-electron chi connectivity index (χ1n) is 6.47. The van der Waals surface area contributed by atoms with Gasteiger partial charge in [0.1, 0.15) is 11.5 Å². The summed E-state index contributed by atoms with van der Waals surface area (Å²) >= 11 is 5.74. The van der Waals surface area contributed by atoms with Crippen LogP contribution in [0.4, 0.5) is 0 Å². The molecule has 114 valence electrons. The SMILES string of the molecule is CC(=NNC(=O)CNC(=O)c1ccc(Cl)cc1)c1ccco1. The highest BCUT2D eigenvalue weighted by Gasteiger charge is 2.08. The Kier molecular flexibility index (Phi) is 5.32. The fourth-order valence-electron chi connectivity index (χ4n) is 1.59. The third-order valence-corrected chi connectivity index (χ3v) is 2.99. The number of hydrogen-bond donors (Lipinski definition) is 2. The van der Waals surface area contributed by atoms with Gasteiger partial charge in [-0.2, -0.15) is 5.10 Å². The number of halogens is 1. The highest BCUT2D eigenvalue weighted by atomic mass is 35.5. The van der Waals surface area contributed by atoms with Crippen molar-refractivity contribution in [2.24, 2.45) is 5.10 Å². The number of rotatable bonds is 5. The number of furan rings is 1. The second kappa shape index (κ2) is 7.42. The summed E-state index contributed by atoms with van der Waals surface area (Å²) in [6, 6.07) is 9.82. The van der Waals surface area contributed by atoms with Crippen LogP contribution in [0.15, 0.2) is 52.2 Å². The molecule has 6 nitrogen and oxygen atoms in total. The smallest absolute Gasteiger partial charge is 0.259 e. The first kappa shape index (κ1) is 15.8. The summed E-state index contributed by atoms with van der Waals surface area (Å²) in [5, 5.41) is 6.91. The van der Waals surface area contributed by atoms with Crippen molar-refractivity contribution >= 4 is 29.1 Å². The topological polar surface area (TPSA) is 83.7 Å². The Balaban J connectivity index is 1.81. The molecule has 1 heterocycles. The second-order valence-corrected chi connectivity index (χ2v) is 4.84. The average molecular weight is 320 g/mol. The summed E-state index contributed by atoms with van der Waals surface area (Å²) < 4.78 is 5.13. The van der Waals surface area contributed by atoms with Crippen LogP contribution in [0.2, 0.25) is 5.02 Å². The van der Waals surface area contributed by atoms with Gasteiger partial charge in [-0.15, -0.1) is 0 Å². The van der Waals surface area contributed by atoms with Gasteiger partial charge in [0.2, 0.25) is 0 Å². The minimum Gasteiger partial charge on any atom is -0.463 e. The van der Waals surface area contributed by atoms with Crippen molar-refractivity contribution in [3.8, 4) is 0 Å². The maximum atomic E-state index is 11.8. The van der Waals surface area contributed by atoms with Crippen molar-refractivity contribution < 1.29 is 14.0 Å². The molecule has 0 radical (unpaired) electrons. The van der Waals surface area contributed by atoms with E-state index in [2.05, 4.69) is 15.8 Å². The summed E-state index contributed by atoms with van der Waals surface area (Å²) in [6.45, 7) is 1.52. The number of nitrogens with one attached hydrogen (secondary N) is 2. The van der Waals surface area contributed by atoms with E-state index in [9.17, 15) is 9.59 Å². The molecule has 0 fully saturated rings. The van der Waals surface area contributed by atoms with Gasteiger partial charge in [-0.1, -0.05) is 11.6 Å². The van der Waals surface area contributed by atoms with E-state index in [1.165, 1.54) is 6.26 Å². The quantitative estimate of drug-likeness (QED) is 0.654. The molecule has 22 heavy (non-hydrogen) atoms. The van der Waals surface area contributed by atoms with Crippen LogP contribution in [0.5, 0.6) is 0 Å². The molecule has 0 aliphatic rings. The number of carbonyl (C=O) groups excluding carboxylic acids is 2. The number of hydrogen-bond acceptors (Lipinski definition) is 4. The number of hydrazone groups is 1. The molecule has 7 heteroatoms. The molecule has 0 spiro atoms. The maximum Gasteiger partial charge on any atom is 0.259 e. The minimum absolute atomic E-state index is 0.184. The molecule has 0 saturated heterocycles. The summed E-state index contributed by atoms with van der Waals surface area (Å²) in [7, 11) is 0.